The van der Waals surface area contributed by atoms with Crippen molar-refractivity contribution in [1.29, 1.82) is 0 Å². The van der Waals surface area contributed by atoms with E-state index in [1.165, 1.54) is 0 Å². The Morgan fingerprint density at radius 1 is 1.44 bits per heavy atom. The highest BCUT2D eigenvalue weighted by Crippen LogP contribution is 2.07. The first-order valence-corrected chi connectivity index (χ1v) is 7.00. The fraction of sp³-hybridized carbons (Fsp3) is 0.923. The van der Waals surface area contributed by atoms with E-state index < -0.39 is 0 Å². The Morgan fingerprint density at radius 2 is 2.17 bits per heavy atom. The molecule has 0 aromatic heterocycles. The number of ether oxygens (including phenoxy) is 1. The van der Waals surface area contributed by atoms with E-state index in [1.807, 2.05) is 7.05 Å². The maximum absolute atomic E-state index is 11.5. The van der Waals surface area contributed by atoms with Gasteiger partial charge in [-0.25, -0.2) is 0 Å². The van der Waals surface area contributed by atoms with Crippen LogP contribution in [0.1, 0.15) is 26.2 Å². The predicted octanol–water partition coefficient (Wildman–Crippen LogP) is 0.213. The number of likely N-dealkylation sites (N-methyl/N-ethyl adjacent to an activating group) is 1. The highest BCUT2D eigenvalue weighted by atomic mass is 16.5. The molecule has 0 unspecified atom stereocenters. The Labute approximate surface area is 110 Å². The van der Waals surface area contributed by atoms with Gasteiger partial charge in [0, 0.05) is 19.5 Å². The molecule has 0 aromatic rings. The Hall–Kier alpha value is -0.650. The number of hydrogen-bond donors (Lipinski definition) is 2. The number of piperidine rings is 1. The topological polar surface area (TPSA) is 53.6 Å². The molecule has 0 spiro atoms. The van der Waals surface area contributed by atoms with Crippen LogP contribution in [0.3, 0.4) is 0 Å². The van der Waals surface area contributed by atoms with Gasteiger partial charge in [0.2, 0.25) is 5.91 Å². The molecule has 5 nitrogen and oxygen atoms in total. The molecular formula is C13H27N3O2. The largest absolute Gasteiger partial charge is 0.378 e. The van der Waals surface area contributed by atoms with Gasteiger partial charge in [-0.05, 0) is 39.5 Å². The van der Waals surface area contributed by atoms with Crippen LogP contribution in [0.4, 0.5) is 0 Å². The van der Waals surface area contributed by atoms with Gasteiger partial charge in [-0.15, -0.1) is 0 Å². The fourth-order valence-electron chi connectivity index (χ4n) is 1.91. The average molecular weight is 257 g/mol. The third-order valence-corrected chi connectivity index (χ3v) is 3.32. The van der Waals surface area contributed by atoms with Crippen molar-refractivity contribution < 1.29 is 9.53 Å². The molecule has 0 saturated carbocycles. The predicted molar refractivity (Wildman–Crippen MR) is 72.6 cm³/mol. The monoisotopic (exact) mass is 257 g/mol. The molecule has 1 heterocycles. The van der Waals surface area contributed by atoms with Crippen LogP contribution in [-0.2, 0) is 9.53 Å². The van der Waals surface area contributed by atoms with Gasteiger partial charge in [-0.2, -0.15) is 0 Å². The smallest absolute Gasteiger partial charge is 0.222 e. The summed E-state index contributed by atoms with van der Waals surface area (Å²) in [6, 6.07) is 0. The van der Waals surface area contributed by atoms with Gasteiger partial charge >= 0.3 is 0 Å². The fourth-order valence-corrected chi connectivity index (χ4v) is 1.91. The Morgan fingerprint density at radius 3 is 2.83 bits per heavy atom. The van der Waals surface area contributed by atoms with Crippen molar-refractivity contribution >= 4 is 5.91 Å². The van der Waals surface area contributed by atoms with Crippen LogP contribution in [0.25, 0.3) is 0 Å². The Kier molecular flexibility index (Phi) is 7.96. The summed E-state index contributed by atoms with van der Waals surface area (Å²) >= 11 is 0. The third-order valence-electron chi connectivity index (χ3n) is 3.32. The number of carbonyl (C=O) groups excluding carboxylic acids is 1. The SMILES string of the molecule is CCN(C)CCNC(=O)CCOC1CCNCC1. The minimum Gasteiger partial charge on any atom is -0.378 e. The molecule has 0 radical (unpaired) electrons. The van der Waals surface area contributed by atoms with E-state index in [-0.39, 0.29) is 5.91 Å². The molecular weight excluding hydrogens is 230 g/mol. The molecule has 2 N–H and O–H groups in total. The molecule has 1 aliphatic rings. The van der Waals surface area contributed by atoms with Crippen LogP contribution in [-0.4, -0.2) is 63.3 Å². The van der Waals surface area contributed by atoms with Gasteiger partial charge in [0.1, 0.15) is 0 Å². The molecule has 0 bridgehead atoms. The van der Waals surface area contributed by atoms with E-state index in [4.69, 9.17) is 4.74 Å². The van der Waals surface area contributed by atoms with E-state index >= 15 is 0 Å². The van der Waals surface area contributed by atoms with Gasteiger partial charge in [-0.3, -0.25) is 4.79 Å². The average Bonchev–Trinajstić information content (AvgIpc) is 2.39. The lowest BCUT2D eigenvalue weighted by Crippen LogP contribution is -2.35. The molecule has 1 aliphatic heterocycles. The summed E-state index contributed by atoms with van der Waals surface area (Å²) in [5.74, 6) is 0.0911. The van der Waals surface area contributed by atoms with Crippen LogP contribution in [0.5, 0.6) is 0 Å². The quantitative estimate of drug-likeness (QED) is 0.653. The van der Waals surface area contributed by atoms with E-state index in [0.717, 1.165) is 45.6 Å². The molecule has 0 aliphatic carbocycles. The summed E-state index contributed by atoms with van der Waals surface area (Å²) in [6.07, 6.45) is 2.93. The summed E-state index contributed by atoms with van der Waals surface area (Å²) in [7, 11) is 2.05. The number of nitrogens with one attached hydrogen (secondary N) is 2. The second-order valence-electron chi connectivity index (χ2n) is 4.82. The first-order valence-electron chi connectivity index (χ1n) is 7.00. The molecule has 1 fully saturated rings. The highest BCUT2D eigenvalue weighted by Gasteiger charge is 2.13. The molecule has 5 heteroatoms. The van der Waals surface area contributed by atoms with Crippen LogP contribution in [0.15, 0.2) is 0 Å². The number of rotatable bonds is 8. The van der Waals surface area contributed by atoms with Crippen molar-refractivity contribution in [1.82, 2.24) is 15.5 Å². The van der Waals surface area contributed by atoms with Gasteiger partial charge in [-0.1, -0.05) is 6.92 Å². The second-order valence-corrected chi connectivity index (χ2v) is 4.82. The van der Waals surface area contributed by atoms with Gasteiger partial charge in [0.25, 0.3) is 0 Å². The lowest BCUT2D eigenvalue weighted by atomic mass is 10.1. The number of carbonyl (C=O) groups is 1. The zero-order valence-electron chi connectivity index (χ0n) is 11.7. The van der Waals surface area contributed by atoms with Crippen molar-refractivity contribution in [2.45, 2.75) is 32.3 Å². The lowest BCUT2D eigenvalue weighted by Gasteiger charge is -2.22. The maximum atomic E-state index is 11.5. The van der Waals surface area contributed by atoms with Crippen LogP contribution in [0, 0.1) is 0 Å². The summed E-state index contributed by atoms with van der Waals surface area (Å²) < 4.78 is 5.69. The molecule has 18 heavy (non-hydrogen) atoms. The first kappa shape index (κ1) is 15.4. The molecule has 1 amide bonds. The summed E-state index contributed by atoms with van der Waals surface area (Å²) in [6.45, 7) is 7.33. The van der Waals surface area contributed by atoms with Crippen molar-refractivity contribution in [3.63, 3.8) is 0 Å². The molecule has 1 saturated heterocycles. The summed E-state index contributed by atoms with van der Waals surface area (Å²) in [5, 5.41) is 6.21. The second kappa shape index (κ2) is 9.30. The van der Waals surface area contributed by atoms with E-state index in [1.54, 1.807) is 0 Å². The standard InChI is InChI=1S/C13H27N3O2/c1-3-16(2)10-9-15-13(17)6-11-18-12-4-7-14-8-5-12/h12,14H,3-11H2,1-2H3,(H,15,17). The summed E-state index contributed by atoms with van der Waals surface area (Å²) in [4.78, 5) is 13.7. The maximum Gasteiger partial charge on any atom is 0.222 e. The van der Waals surface area contributed by atoms with Crippen molar-refractivity contribution in [2.24, 2.45) is 0 Å². The highest BCUT2D eigenvalue weighted by molar-refractivity contribution is 5.75. The van der Waals surface area contributed by atoms with E-state index in [2.05, 4.69) is 22.5 Å². The zero-order chi connectivity index (χ0) is 13.2. The van der Waals surface area contributed by atoms with Gasteiger partial charge < -0.3 is 20.3 Å². The molecule has 0 atom stereocenters. The van der Waals surface area contributed by atoms with Crippen LogP contribution in [0.2, 0.25) is 0 Å². The van der Waals surface area contributed by atoms with Gasteiger partial charge in [0.15, 0.2) is 0 Å². The molecule has 1 rings (SSSR count). The first-order chi connectivity index (χ1) is 8.72. The summed E-state index contributed by atoms with van der Waals surface area (Å²) in [5.41, 5.74) is 0. The van der Waals surface area contributed by atoms with Crippen LogP contribution < -0.4 is 10.6 Å². The Bertz CT molecular complexity index is 230. The normalized spacial score (nSPS) is 17.1. The van der Waals surface area contributed by atoms with E-state index in [0.29, 0.717) is 19.1 Å². The van der Waals surface area contributed by atoms with Gasteiger partial charge in [0.05, 0.1) is 12.7 Å². The van der Waals surface area contributed by atoms with Crippen molar-refractivity contribution in [3.05, 3.63) is 0 Å². The van der Waals surface area contributed by atoms with Crippen LogP contribution >= 0.6 is 0 Å². The van der Waals surface area contributed by atoms with Crippen molar-refractivity contribution in [2.75, 3.05) is 46.4 Å². The molecule has 0 aromatic carbocycles. The zero-order valence-corrected chi connectivity index (χ0v) is 11.7. The van der Waals surface area contributed by atoms with Crippen molar-refractivity contribution in [3.8, 4) is 0 Å². The number of nitrogens with zero attached hydrogens (tertiary/aromatic N) is 1. The molecule has 106 valence electrons. The third kappa shape index (κ3) is 6.93. The minimum absolute atomic E-state index is 0.0911. The number of amides is 1. The number of hydrogen-bond acceptors (Lipinski definition) is 4. The lowest BCUT2D eigenvalue weighted by molar-refractivity contribution is -0.122. The van der Waals surface area contributed by atoms with E-state index in [9.17, 15) is 4.79 Å². The Balaban J connectivity index is 1.96. The minimum atomic E-state index is 0.0911.